The van der Waals surface area contributed by atoms with E-state index in [1.165, 1.54) is 5.56 Å². The number of rotatable bonds is 6. The highest BCUT2D eigenvalue weighted by Crippen LogP contribution is 2.27. The molecule has 0 aliphatic heterocycles. The van der Waals surface area contributed by atoms with Crippen LogP contribution in [0.2, 0.25) is 0 Å². The third kappa shape index (κ3) is 3.82. The van der Waals surface area contributed by atoms with E-state index in [-0.39, 0.29) is 0 Å². The second-order valence-corrected chi connectivity index (χ2v) is 5.78. The number of aromatic nitrogens is 2. The monoisotopic (exact) mass is 347 g/mol. The second-order valence-electron chi connectivity index (χ2n) is 4.99. The second kappa shape index (κ2) is 7.55. The molecule has 0 unspecified atom stereocenters. The molecule has 0 saturated heterocycles. The number of halogens is 1. The Morgan fingerprint density at radius 2 is 1.71 bits per heavy atom. The number of hydrogen-bond acceptors (Lipinski definition) is 3. The summed E-state index contributed by atoms with van der Waals surface area (Å²) in [5.74, 6) is 1.68. The maximum Gasteiger partial charge on any atom is 0.161 e. The van der Waals surface area contributed by atoms with E-state index in [1.54, 1.807) is 0 Å². The summed E-state index contributed by atoms with van der Waals surface area (Å²) in [4.78, 5) is 9.36. The van der Waals surface area contributed by atoms with Crippen LogP contribution in [0, 0.1) is 0 Å². The van der Waals surface area contributed by atoms with E-state index in [1.807, 2.05) is 0 Å². The van der Waals surface area contributed by atoms with Crippen LogP contribution in [0.25, 0.3) is 11.4 Å². The first-order chi connectivity index (χ1) is 10.2. The van der Waals surface area contributed by atoms with Crippen molar-refractivity contribution >= 4 is 21.7 Å². The van der Waals surface area contributed by atoms with Crippen molar-refractivity contribution in [2.24, 2.45) is 0 Å². The zero-order chi connectivity index (χ0) is 15.2. The van der Waals surface area contributed by atoms with Gasteiger partial charge in [-0.05, 0) is 40.8 Å². The molecule has 1 aromatic carbocycles. The van der Waals surface area contributed by atoms with Gasteiger partial charge in [-0.15, -0.1) is 0 Å². The Kier molecular flexibility index (Phi) is 5.74. The van der Waals surface area contributed by atoms with Gasteiger partial charge in [0.05, 0.1) is 10.2 Å². The minimum absolute atomic E-state index is 0.788. The fraction of sp³-hybridized carbons (Fsp3) is 0.412. The van der Waals surface area contributed by atoms with Crippen molar-refractivity contribution in [1.82, 2.24) is 9.97 Å². The van der Waals surface area contributed by atoms with Crippen LogP contribution < -0.4 is 5.32 Å². The van der Waals surface area contributed by atoms with Crippen molar-refractivity contribution in [3.05, 3.63) is 40.0 Å². The van der Waals surface area contributed by atoms with E-state index >= 15 is 0 Å². The van der Waals surface area contributed by atoms with Crippen molar-refractivity contribution in [2.45, 2.75) is 40.0 Å². The van der Waals surface area contributed by atoms with Gasteiger partial charge in [-0.25, -0.2) is 9.97 Å². The summed E-state index contributed by atoms with van der Waals surface area (Å²) in [6.07, 6.45) is 2.99. The smallest absolute Gasteiger partial charge is 0.161 e. The maximum absolute atomic E-state index is 4.69. The normalized spacial score (nSPS) is 10.7. The summed E-state index contributed by atoms with van der Waals surface area (Å²) in [7, 11) is 0. The first kappa shape index (κ1) is 16.0. The van der Waals surface area contributed by atoms with E-state index < -0.39 is 0 Å². The highest BCUT2D eigenvalue weighted by atomic mass is 79.9. The van der Waals surface area contributed by atoms with E-state index in [9.17, 15) is 0 Å². The number of nitrogens with one attached hydrogen (secondary N) is 1. The van der Waals surface area contributed by atoms with Crippen molar-refractivity contribution in [3.8, 4) is 11.4 Å². The van der Waals surface area contributed by atoms with Crippen LogP contribution in [-0.4, -0.2) is 16.5 Å². The largest absolute Gasteiger partial charge is 0.369 e. The van der Waals surface area contributed by atoms with Crippen molar-refractivity contribution in [3.63, 3.8) is 0 Å². The molecule has 0 atom stereocenters. The van der Waals surface area contributed by atoms with E-state index in [4.69, 9.17) is 0 Å². The number of benzene rings is 1. The molecule has 0 fully saturated rings. The number of anilines is 1. The van der Waals surface area contributed by atoms with Gasteiger partial charge in [-0.2, -0.15) is 0 Å². The van der Waals surface area contributed by atoms with Crippen LogP contribution >= 0.6 is 15.9 Å². The van der Waals surface area contributed by atoms with Crippen LogP contribution in [0.1, 0.15) is 38.4 Å². The molecular formula is C17H22BrN3. The van der Waals surface area contributed by atoms with E-state index in [2.05, 4.69) is 76.3 Å². The minimum atomic E-state index is 0.788. The third-order valence-electron chi connectivity index (χ3n) is 3.42. The van der Waals surface area contributed by atoms with Gasteiger partial charge in [0.1, 0.15) is 5.82 Å². The van der Waals surface area contributed by atoms with Crippen molar-refractivity contribution < 1.29 is 0 Å². The summed E-state index contributed by atoms with van der Waals surface area (Å²) >= 11 is 3.61. The number of aryl methyl sites for hydroxylation is 2. The molecule has 0 aliphatic rings. The molecule has 0 aliphatic carbocycles. The molecule has 4 heteroatoms. The molecule has 1 N–H and O–H groups in total. The predicted octanol–water partition coefficient (Wildman–Crippen LogP) is 4.85. The Bertz CT molecular complexity index is 594. The van der Waals surface area contributed by atoms with Gasteiger partial charge in [0.2, 0.25) is 0 Å². The average molecular weight is 348 g/mol. The summed E-state index contributed by atoms with van der Waals surface area (Å²) in [6.45, 7) is 7.33. The summed E-state index contributed by atoms with van der Waals surface area (Å²) in [6, 6.07) is 8.49. The lowest BCUT2D eigenvalue weighted by atomic mass is 10.1. The lowest BCUT2D eigenvalue weighted by Crippen LogP contribution is -2.07. The fourth-order valence-corrected chi connectivity index (χ4v) is 2.70. The summed E-state index contributed by atoms with van der Waals surface area (Å²) in [5.41, 5.74) is 3.43. The van der Waals surface area contributed by atoms with Crippen molar-refractivity contribution in [2.75, 3.05) is 11.9 Å². The molecule has 3 nitrogen and oxygen atoms in total. The minimum Gasteiger partial charge on any atom is -0.369 e. The van der Waals surface area contributed by atoms with Gasteiger partial charge < -0.3 is 5.32 Å². The Morgan fingerprint density at radius 3 is 2.29 bits per heavy atom. The number of nitrogens with zero attached hydrogens (tertiary/aromatic N) is 2. The molecule has 112 valence electrons. The van der Waals surface area contributed by atoms with Crippen LogP contribution in [0.3, 0.4) is 0 Å². The topological polar surface area (TPSA) is 37.8 Å². The zero-order valence-electron chi connectivity index (χ0n) is 12.9. The zero-order valence-corrected chi connectivity index (χ0v) is 14.5. The van der Waals surface area contributed by atoms with Gasteiger partial charge >= 0.3 is 0 Å². The first-order valence-corrected chi connectivity index (χ1v) is 8.38. The lowest BCUT2D eigenvalue weighted by Gasteiger charge is -2.12. The van der Waals surface area contributed by atoms with E-state index in [0.717, 1.165) is 53.2 Å². The molecule has 0 amide bonds. The average Bonchev–Trinajstić information content (AvgIpc) is 2.54. The molecule has 0 bridgehead atoms. The standard InChI is InChI=1S/C17H22BrN3/c1-4-11-19-17-15(18)14(6-3)20-16(21-17)13-9-7-12(5-2)8-10-13/h7-10H,4-6,11H2,1-3H3,(H,19,20,21). The molecule has 2 rings (SSSR count). The Hall–Kier alpha value is -1.42. The molecule has 0 spiro atoms. The van der Waals surface area contributed by atoms with Gasteiger partial charge in [0.25, 0.3) is 0 Å². The molecule has 21 heavy (non-hydrogen) atoms. The maximum atomic E-state index is 4.69. The van der Waals surface area contributed by atoms with E-state index in [0.29, 0.717) is 0 Å². The molecule has 0 radical (unpaired) electrons. The summed E-state index contributed by atoms with van der Waals surface area (Å²) in [5, 5.41) is 3.37. The Labute approximate surface area is 135 Å². The SMILES string of the molecule is CCCNc1nc(-c2ccc(CC)cc2)nc(CC)c1Br. The molecule has 1 aromatic heterocycles. The molecule has 2 aromatic rings. The first-order valence-electron chi connectivity index (χ1n) is 7.59. The van der Waals surface area contributed by atoms with Crippen LogP contribution in [0.4, 0.5) is 5.82 Å². The third-order valence-corrected chi connectivity index (χ3v) is 4.25. The summed E-state index contributed by atoms with van der Waals surface area (Å²) < 4.78 is 0.979. The molecular weight excluding hydrogens is 326 g/mol. The van der Waals surface area contributed by atoms with Crippen molar-refractivity contribution in [1.29, 1.82) is 0 Å². The number of hydrogen-bond donors (Lipinski definition) is 1. The van der Waals surface area contributed by atoms with Gasteiger partial charge in [0, 0.05) is 12.1 Å². The quantitative estimate of drug-likeness (QED) is 0.811. The van der Waals surface area contributed by atoms with Gasteiger partial charge in [-0.1, -0.05) is 45.0 Å². The predicted molar refractivity (Wildman–Crippen MR) is 92.7 cm³/mol. The Balaban J connectivity index is 2.41. The van der Waals surface area contributed by atoms with Crippen LogP contribution in [-0.2, 0) is 12.8 Å². The van der Waals surface area contributed by atoms with Crippen LogP contribution in [0.5, 0.6) is 0 Å². The Morgan fingerprint density at radius 1 is 1.00 bits per heavy atom. The molecule has 0 saturated carbocycles. The highest BCUT2D eigenvalue weighted by Gasteiger charge is 2.12. The van der Waals surface area contributed by atoms with Gasteiger partial charge in [0.15, 0.2) is 5.82 Å². The van der Waals surface area contributed by atoms with Gasteiger partial charge in [-0.3, -0.25) is 0 Å². The highest BCUT2D eigenvalue weighted by molar-refractivity contribution is 9.10. The molecule has 1 heterocycles. The lowest BCUT2D eigenvalue weighted by molar-refractivity contribution is 0.944. The van der Waals surface area contributed by atoms with Crippen LogP contribution in [0.15, 0.2) is 28.7 Å². The fourth-order valence-electron chi connectivity index (χ4n) is 2.11.